The molecule has 4 heteroatoms. The lowest BCUT2D eigenvalue weighted by Crippen LogP contribution is -1.70. The molecule has 54 valence electrons. The Hall–Kier alpha value is 0.460. The first-order valence-corrected chi connectivity index (χ1v) is 5.40. The molecular weight excluding hydrogens is 144 g/mol. The minimum Gasteiger partial charge on any atom is -0.412 e. The van der Waals surface area contributed by atoms with Gasteiger partial charge in [0.15, 0.2) is 0 Å². The van der Waals surface area contributed by atoms with Crippen molar-refractivity contribution in [3.63, 3.8) is 0 Å². The second-order valence-electron chi connectivity index (χ2n) is 1.15. The van der Waals surface area contributed by atoms with Gasteiger partial charge in [-0.3, -0.25) is 4.21 Å². The lowest BCUT2D eigenvalue weighted by Gasteiger charge is -1.60. The molecule has 0 aliphatic carbocycles. The van der Waals surface area contributed by atoms with Crippen LogP contribution in [0.3, 0.4) is 0 Å². The Kier molecular flexibility index (Phi) is 30.9. The van der Waals surface area contributed by atoms with E-state index in [1.165, 1.54) is 0 Å². The minimum atomic E-state index is -0.611. The summed E-state index contributed by atoms with van der Waals surface area (Å²) in [6.45, 7) is 0. The van der Waals surface area contributed by atoms with E-state index in [1.54, 1.807) is 24.3 Å². The maximum atomic E-state index is 9.56. The zero-order valence-corrected chi connectivity index (χ0v) is 7.36. The average molecular weight is 158 g/mol. The highest BCUT2D eigenvalue weighted by Crippen LogP contribution is 1.70. The summed E-state index contributed by atoms with van der Waals surface area (Å²) < 4.78 is 9.56. The van der Waals surface area contributed by atoms with E-state index in [0.29, 0.717) is 0 Å². The molecular formula is C4H14O2S2. The zero-order chi connectivity index (χ0) is 6.28. The molecule has 0 unspecified atom stereocenters. The quantitative estimate of drug-likeness (QED) is 0.504. The summed E-state index contributed by atoms with van der Waals surface area (Å²) in [7, 11) is -0.611. The maximum absolute atomic E-state index is 9.56. The monoisotopic (exact) mass is 158 g/mol. The molecule has 0 aromatic carbocycles. The van der Waals surface area contributed by atoms with Gasteiger partial charge in [0.1, 0.15) is 0 Å². The van der Waals surface area contributed by atoms with Gasteiger partial charge in [0.2, 0.25) is 0 Å². The third-order valence-corrected chi connectivity index (χ3v) is 0. The van der Waals surface area contributed by atoms with Crippen molar-refractivity contribution < 1.29 is 9.69 Å². The van der Waals surface area contributed by atoms with Gasteiger partial charge in [-0.15, -0.1) is 0 Å². The summed E-state index contributed by atoms with van der Waals surface area (Å²) >= 11 is 1.75. The largest absolute Gasteiger partial charge is 0.412 e. The first-order valence-electron chi connectivity index (χ1n) is 1.80. The van der Waals surface area contributed by atoms with Crippen molar-refractivity contribution in [3.8, 4) is 0 Å². The van der Waals surface area contributed by atoms with Gasteiger partial charge in [0.25, 0.3) is 0 Å². The highest BCUT2D eigenvalue weighted by molar-refractivity contribution is 7.97. The van der Waals surface area contributed by atoms with E-state index in [0.717, 1.165) is 0 Å². The Morgan fingerprint density at radius 1 is 1.25 bits per heavy atom. The van der Waals surface area contributed by atoms with Crippen LogP contribution in [-0.4, -0.2) is 34.7 Å². The van der Waals surface area contributed by atoms with Gasteiger partial charge < -0.3 is 5.48 Å². The van der Waals surface area contributed by atoms with Crippen LogP contribution in [0.1, 0.15) is 0 Å². The molecule has 0 aliphatic rings. The van der Waals surface area contributed by atoms with E-state index in [9.17, 15) is 4.21 Å². The van der Waals surface area contributed by atoms with Crippen LogP contribution in [0.5, 0.6) is 0 Å². The Bertz CT molecular complexity index is 43.3. The van der Waals surface area contributed by atoms with Gasteiger partial charge in [-0.2, -0.15) is 11.8 Å². The summed E-state index contributed by atoms with van der Waals surface area (Å²) in [6, 6.07) is 0. The molecule has 0 radical (unpaired) electrons. The van der Waals surface area contributed by atoms with E-state index >= 15 is 0 Å². The van der Waals surface area contributed by atoms with Crippen molar-refractivity contribution in [2.45, 2.75) is 0 Å². The van der Waals surface area contributed by atoms with Crippen LogP contribution in [-0.2, 0) is 10.8 Å². The second-order valence-corrected chi connectivity index (χ2v) is 3.45. The molecule has 0 saturated carbocycles. The van der Waals surface area contributed by atoms with Crippen LogP contribution in [0.4, 0.5) is 0 Å². The summed E-state index contributed by atoms with van der Waals surface area (Å²) in [5, 5.41) is 0. The number of hydrogen-bond donors (Lipinski definition) is 0. The fourth-order valence-electron chi connectivity index (χ4n) is 0. The fraction of sp³-hybridized carbons (Fsp3) is 1.00. The second kappa shape index (κ2) is 15.7. The first kappa shape index (κ1) is 15.8. The molecule has 0 aromatic heterocycles. The summed E-state index contributed by atoms with van der Waals surface area (Å²) in [5.41, 5.74) is 0. The molecule has 0 rings (SSSR count). The van der Waals surface area contributed by atoms with Crippen LogP contribution < -0.4 is 0 Å². The smallest absolute Gasteiger partial charge is 0.0148 e. The van der Waals surface area contributed by atoms with Gasteiger partial charge in [-0.25, -0.2) is 0 Å². The van der Waals surface area contributed by atoms with Crippen molar-refractivity contribution >= 4 is 22.6 Å². The van der Waals surface area contributed by atoms with Crippen LogP contribution in [0.2, 0.25) is 0 Å². The normalized spacial score (nSPS) is 6.62. The van der Waals surface area contributed by atoms with Crippen LogP contribution >= 0.6 is 11.8 Å². The van der Waals surface area contributed by atoms with Gasteiger partial charge in [0.05, 0.1) is 0 Å². The summed E-state index contributed by atoms with van der Waals surface area (Å²) in [4.78, 5) is 0. The Labute approximate surface area is 57.8 Å². The van der Waals surface area contributed by atoms with E-state index in [1.807, 2.05) is 12.5 Å². The predicted molar refractivity (Wildman–Crippen MR) is 43.0 cm³/mol. The van der Waals surface area contributed by atoms with E-state index in [-0.39, 0.29) is 5.48 Å². The molecule has 0 aliphatic heterocycles. The molecule has 0 aromatic rings. The van der Waals surface area contributed by atoms with Crippen LogP contribution in [0, 0.1) is 0 Å². The summed E-state index contributed by atoms with van der Waals surface area (Å²) in [6.07, 6.45) is 7.36. The Morgan fingerprint density at radius 2 is 1.25 bits per heavy atom. The molecule has 2 N–H and O–H groups in total. The van der Waals surface area contributed by atoms with Gasteiger partial charge in [0, 0.05) is 23.3 Å². The summed E-state index contributed by atoms with van der Waals surface area (Å²) in [5.74, 6) is 0. The first-order chi connectivity index (χ1) is 3.15. The molecule has 8 heavy (non-hydrogen) atoms. The minimum absolute atomic E-state index is 0. The highest BCUT2D eigenvalue weighted by atomic mass is 32.2. The maximum Gasteiger partial charge on any atom is 0.0148 e. The molecule has 2 nitrogen and oxygen atoms in total. The average Bonchev–Trinajstić information content (AvgIpc) is 1.33. The van der Waals surface area contributed by atoms with Crippen LogP contribution in [0.15, 0.2) is 0 Å². The topological polar surface area (TPSA) is 48.6 Å². The number of thioether (sulfide) groups is 1. The predicted octanol–water partition coefficient (Wildman–Crippen LogP) is 0.149. The van der Waals surface area contributed by atoms with E-state index < -0.39 is 10.8 Å². The molecule has 0 heterocycles. The molecule has 0 saturated heterocycles. The third-order valence-electron chi connectivity index (χ3n) is 0. The van der Waals surface area contributed by atoms with Crippen molar-refractivity contribution in [1.29, 1.82) is 0 Å². The SMILES string of the molecule is CS(C)=O.CSC.O. The number of hydrogen-bond acceptors (Lipinski definition) is 2. The molecule has 0 spiro atoms. The molecule has 0 bridgehead atoms. The van der Waals surface area contributed by atoms with Gasteiger partial charge in [-0.05, 0) is 12.5 Å². The Balaban J connectivity index is -0.0000000575. The zero-order valence-electron chi connectivity index (χ0n) is 5.72. The lowest BCUT2D eigenvalue weighted by molar-refractivity contribution is 0.690. The van der Waals surface area contributed by atoms with Crippen LogP contribution in [0.25, 0.3) is 0 Å². The Morgan fingerprint density at radius 3 is 1.25 bits per heavy atom. The third kappa shape index (κ3) is 910. The standard InChI is InChI=1S/C2H6OS.C2H6S.H2O/c1-4(2)3;1-3-2;/h1-2H3;1-2H3;1H2. The lowest BCUT2D eigenvalue weighted by atomic mass is 11.9. The van der Waals surface area contributed by atoms with Gasteiger partial charge >= 0.3 is 0 Å². The van der Waals surface area contributed by atoms with E-state index in [4.69, 9.17) is 0 Å². The molecule has 0 amide bonds. The van der Waals surface area contributed by atoms with Gasteiger partial charge in [-0.1, -0.05) is 0 Å². The van der Waals surface area contributed by atoms with Crippen molar-refractivity contribution in [2.75, 3.05) is 25.0 Å². The van der Waals surface area contributed by atoms with E-state index in [2.05, 4.69) is 0 Å². The number of rotatable bonds is 0. The van der Waals surface area contributed by atoms with Crippen molar-refractivity contribution in [1.82, 2.24) is 0 Å². The fourth-order valence-corrected chi connectivity index (χ4v) is 0. The van der Waals surface area contributed by atoms with Crippen molar-refractivity contribution in [3.05, 3.63) is 0 Å². The van der Waals surface area contributed by atoms with Crippen molar-refractivity contribution in [2.24, 2.45) is 0 Å². The molecule has 0 fully saturated rings. The highest BCUT2D eigenvalue weighted by Gasteiger charge is 1.57. The molecule has 0 atom stereocenters.